The number of rotatable bonds is 9. The average Bonchev–Trinajstić information content (AvgIpc) is 2.98. The van der Waals surface area contributed by atoms with Gasteiger partial charge in [0, 0.05) is 64.9 Å². The number of phenols is 2. The van der Waals surface area contributed by atoms with Crippen LogP contribution in [0.1, 0.15) is 170 Å². The third-order valence-electron chi connectivity index (χ3n) is 10.7. The first-order chi connectivity index (χ1) is 24.4. The van der Waals surface area contributed by atoms with Gasteiger partial charge in [0.25, 0.3) is 0 Å². The van der Waals surface area contributed by atoms with Crippen molar-refractivity contribution in [1.82, 2.24) is 4.90 Å². The number of hydrogen-bond acceptors (Lipinski definition) is 7. The summed E-state index contributed by atoms with van der Waals surface area (Å²) in [6, 6.07) is 8.01. The molecule has 1 aliphatic rings. The standard InChI is InChI=1S/C47H71NO6/c1-18-34(53-38(49)21-19-30-23-32(42(2,3)4)25-36(40(30)51)44(8,9)10)29-48-46(14,15)27-35(28-47(48,16)17)54-39(50)22-20-31-24-33(43(5,6)7)26-37(41(31)52)45(11,12)13/h19-26,34-35,51-52H,18,27-29H2,1-17H3. The molecule has 0 aliphatic carbocycles. The van der Waals surface area contributed by atoms with Gasteiger partial charge in [0.1, 0.15) is 23.7 Å². The zero-order valence-electron chi connectivity index (χ0n) is 36.6. The lowest BCUT2D eigenvalue weighted by Crippen LogP contribution is -2.64. The first-order valence-electron chi connectivity index (χ1n) is 19.7. The highest BCUT2D eigenvalue weighted by Crippen LogP contribution is 2.42. The van der Waals surface area contributed by atoms with Gasteiger partial charge >= 0.3 is 11.9 Å². The van der Waals surface area contributed by atoms with Crippen molar-refractivity contribution < 1.29 is 29.3 Å². The first kappa shape index (κ1) is 44.8. The van der Waals surface area contributed by atoms with Crippen molar-refractivity contribution in [2.24, 2.45) is 0 Å². The molecule has 2 aromatic carbocycles. The van der Waals surface area contributed by atoms with E-state index < -0.39 is 11.9 Å². The minimum atomic E-state index is -0.459. The molecule has 0 radical (unpaired) electrons. The molecule has 7 heteroatoms. The zero-order chi connectivity index (χ0) is 41.4. The second-order valence-electron chi connectivity index (χ2n) is 20.8. The predicted molar refractivity (Wildman–Crippen MR) is 223 cm³/mol. The molecular formula is C47H71NO6. The third kappa shape index (κ3) is 11.2. The number of ether oxygens (including phenoxy) is 2. The first-order valence-corrected chi connectivity index (χ1v) is 19.7. The van der Waals surface area contributed by atoms with E-state index in [-0.39, 0.29) is 56.4 Å². The molecule has 1 unspecified atom stereocenters. The molecule has 3 rings (SSSR count). The Morgan fingerprint density at radius 2 is 1.09 bits per heavy atom. The van der Waals surface area contributed by atoms with Crippen LogP contribution in [0.25, 0.3) is 12.2 Å². The molecule has 0 spiro atoms. The van der Waals surface area contributed by atoms with Crippen LogP contribution in [0.2, 0.25) is 0 Å². The Hall–Kier alpha value is -3.58. The summed E-state index contributed by atoms with van der Waals surface area (Å²) in [7, 11) is 0. The summed E-state index contributed by atoms with van der Waals surface area (Å²) in [5.74, 6) is -0.547. The van der Waals surface area contributed by atoms with Gasteiger partial charge in [-0.05, 0) is 91.2 Å². The number of nitrogens with zero attached hydrogens (tertiary/aromatic N) is 1. The van der Waals surface area contributed by atoms with Crippen LogP contribution in [0.15, 0.2) is 36.4 Å². The second kappa shape index (κ2) is 15.9. The quantitative estimate of drug-likeness (QED) is 0.195. The largest absolute Gasteiger partial charge is 0.507 e. The number of esters is 2. The smallest absolute Gasteiger partial charge is 0.331 e. The lowest BCUT2D eigenvalue weighted by atomic mass is 9.77. The monoisotopic (exact) mass is 746 g/mol. The summed E-state index contributed by atoms with van der Waals surface area (Å²) in [6.45, 7) is 36.3. The number of hydrogen-bond donors (Lipinski definition) is 2. The fourth-order valence-corrected chi connectivity index (χ4v) is 7.56. The van der Waals surface area contributed by atoms with Crippen molar-refractivity contribution in [3.8, 4) is 11.5 Å². The highest BCUT2D eigenvalue weighted by molar-refractivity contribution is 5.88. The van der Waals surface area contributed by atoms with Crippen molar-refractivity contribution in [2.75, 3.05) is 6.54 Å². The third-order valence-corrected chi connectivity index (χ3v) is 10.7. The van der Waals surface area contributed by atoms with Gasteiger partial charge in [0.05, 0.1) is 0 Å². The molecule has 1 atom stereocenters. The summed E-state index contributed by atoms with van der Waals surface area (Å²) >= 11 is 0. The maximum absolute atomic E-state index is 13.2. The fraction of sp³-hybridized carbons (Fsp3) is 0.617. The van der Waals surface area contributed by atoms with Crippen molar-refractivity contribution in [3.05, 3.63) is 69.8 Å². The fourth-order valence-electron chi connectivity index (χ4n) is 7.56. The molecule has 0 saturated carbocycles. The molecule has 2 N–H and O–H groups in total. The summed E-state index contributed by atoms with van der Waals surface area (Å²) in [4.78, 5) is 28.8. The molecule has 2 aromatic rings. The number of aromatic hydroxyl groups is 2. The van der Waals surface area contributed by atoms with E-state index in [9.17, 15) is 19.8 Å². The van der Waals surface area contributed by atoms with Gasteiger partial charge in [-0.1, -0.05) is 102 Å². The van der Waals surface area contributed by atoms with E-state index in [0.717, 1.165) is 22.3 Å². The SMILES string of the molecule is CCC(CN1C(C)(C)CC(OC(=O)C=Cc2cc(C(C)(C)C)cc(C(C)(C)C)c2O)CC1(C)C)OC(=O)C=Cc1cc(C(C)(C)C)cc(C(C)(C)C)c1O. The number of phenolic OH excluding ortho intramolecular Hbond substituents is 2. The molecule has 1 saturated heterocycles. The highest BCUT2D eigenvalue weighted by Gasteiger charge is 2.47. The van der Waals surface area contributed by atoms with E-state index in [0.29, 0.717) is 36.9 Å². The summed E-state index contributed by atoms with van der Waals surface area (Å²) in [6.07, 6.45) is 7.32. The molecule has 0 bridgehead atoms. The van der Waals surface area contributed by atoms with Crippen molar-refractivity contribution in [3.63, 3.8) is 0 Å². The van der Waals surface area contributed by atoms with E-state index in [4.69, 9.17) is 9.47 Å². The predicted octanol–water partition coefficient (Wildman–Crippen LogP) is 10.9. The molecule has 0 amide bonds. The van der Waals surface area contributed by atoms with Crippen LogP contribution in [0.4, 0.5) is 0 Å². The van der Waals surface area contributed by atoms with Crippen LogP contribution in [-0.4, -0.2) is 56.9 Å². The normalized spacial score (nSPS) is 17.9. The van der Waals surface area contributed by atoms with Crippen LogP contribution in [-0.2, 0) is 40.7 Å². The number of carbonyl (C=O) groups excluding carboxylic acids is 2. The Bertz CT molecular complexity index is 1720. The van der Waals surface area contributed by atoms with E-state index in [1.54, 1.807) is 12.2 Å². The van der Waals surface area contributed by atoms with Crippen LogP contribution >= 0.6 is 0 Å². The number of carbonyl (C=O) groups is 2. The van der Waals surface area contributed by atoms with E-state index in [2.05, 4.69) is 128 Å². The lowest BCUT2D eigenvalue weighted by molar-refractivity contribution is -0.161. The highest BCUT2D eigenvalue weighted by atomic mass is 16.5. The Morgan fingerprint density at radius 1 is 0.704 bits per heavy atom. The van der Waals surface area contributed by atoms with Gasteiger partial charge in [0.2, 0.25) is 0 Å². The average molecular weight is 746 g/mol. The minimum Gasteiger partial charge on any atom is -0.507 e. The topological polar surface area (TPSA) is 96.3 Å². The number of likely N-dealkylation sites (tertiary alicyclic amines) is 1. The Balaban J connectivity index is 1.75. The van der Waals surface area contributed by atoms with Crippen molar-refractivity contribution in [1.29, 1.82) is 0 Å². The van der Waals surface area contributed by atoms with Crippen molar-refractivity contribution in [2.45, 2.75) is 182 Å². The van der Waals surface area contributed by atoms with Gasteiger partial charge in [-0.3, -0.25) is 4.90 Å². The van der Waals surface area contributed by atoms with E-state index in [1.165, 1.54) is 12.2 Å². The van der Waals surface area contributed by atoms with E-state index in [1.807, 2.05) is 19.1 Å². The summed E-state index contributed by atoms with van der Waals surface area (Å²) < 4.78 is 12.1. The van der Waals surface area contributed by atoms with Gasteiger partial charge in [-0.2, -0.15) is 0 Å². The maximum atomic E-state index is 13.2. The second-order valence-corrected chi connectivity index (χ2v) is 20.8. The van der Waals surface area contributed by atoms with Gasteiger partial charge in [-0.25, -0.2) is 9.59 Å². The molecule has 0 aromatic heterocycles. The van der Waals surface area contributed by atoms with Gasteiger partial charge < -0.3 is 19.7 Å². The summed E-state index contributed by atoms with van der Waals surface area (Å²) in [5.41, 5.74) is 3.49. The van der Waals surface area contributed by atoms with Crippen LogP contribution in [0.3, 0.4) is 0 Å². The number of benzene rings is 2. The zero-order valence-corrected chi connectivity index (χ0v) is 36.6. The maximum Gasteiger partial charge on any atom is 0.331 e. The summed E-state index contributed by atoms with van der Waals surface area (Å²) in [5, 5.41) is 22.3. The van der Waals surface area contributed by atoms with Crippen LogP contribution in [0.5, 0.6) is 11.5 Å². The molecule has 54 heavy (non-hydrogen) atoms. The Morgan fingerprint density at radius 3 is 1.44 bits per heavy atom. The van der Waals surface area contributed by atoms with Crippen molar-refractivity contribution >= 4 is 24.1 Å². The minimum absolute atomic E-state index is 0.132. The molecule has 1 aliphatic heterocycles. The molecule has 300 valence electrons. The molecular weight excluding hydrogens is 675 g/mol. The van der Waals surface area contributed by atoms with Crippen LogP contribution < -0.4 is 0 Å². The number of piperidine rings is 1. The Kier molecular flexibility index (Phi) is 13.2. The molecule has 1 heterocycles. The van der Waals surface area contributed by atoms with E-state index >= 15 is 0 Å². The molecule has 1 fully saturated rings. The van der Waals surface area contributed by atoms with Crippen LogP contribution in [0, 0.1) is 0 Å². The lowest BCUT2D eigenvalue weighted by Gasteiger charge is -2.55. The molecule has 7 nitrogen and oxygen atoms in total. The Labute approximate surface area is 327 Å². The van der Waals surface area contributed by atoms with Gasteiger partial charge in [0.15, 0.2) is 0 Å². The van der Waals surface area contributed by atoms with Gasteiger partial charge in [-0.15, -0.1) is 0 Å².